The standard InChI is InChI=1S/C19H18O3/c1-3-18(20)22-13-12-16-14(2)8-7-11-17(16)19(21)15-9-5-4-6-10-15/h3-11H,1,12-13H2,2H3. The molecule has 3 heteroatoms. The Morgan fingerprint density at radius 3 is 2.50 bits per heavy atom. The monoisotopic (exact) mass is 294 g/mol. The van der Waals surface area contributed by atoms with E-state index in [4.69, 9.17) is 4.74 Å². The fourth-order valence-corrected chi connectivity index (χ4v) is 2.30. The molecule has 0 N–H and O–H groups in total. The number of ether oxygens (including phenoxy) is 1. The molecule has 0 aliphatic rings. The molecule has 112 valence electrons. The maximum atomic E-state index is 12.6. The van der Waals surface area contributed by atoms with Crippen LogP contribution in [0.2, 0.25) is 0 Å². The largest absolute Gasteiger partial charge is 0.462 e. The van der Waals surface area contributed by atoms with Crippen LogP contribution < -0.4 is 0 Å². The van der Waals surface area contributed by atoms with Crippen molar-refractivity contribution in [2.45, 2.75) is 13.3 Å². The third-order valence-electron chi connectivity index (χ3n) is 3.45. The van der Waals surface area contributed by atoms with Gasteiger partial charge in [0.1, 0.15) is 0 Å². The molecule has 0 heterocycles. The second-order valence-corrected chi connectivity index (χ2v) is 4.92. The molecule has 0 fully saturated rings. The van der Waals surface area contributed by atoms with Crippen LogP contribution in [0.15, 0.2) is 61.2 Å². The molecule has 0 unspecified atom stereocenters. The molecule has 0 atom stereocenters. The number of hydrogen-bond acceptors (Lipinski definition) is 3. The average Bonchev–Trinajstić information content (AvgIpc) is 2.56. The van der Waals surface area contributed by atoms with Gasteiger partial charge in [-0.05, 0) is 18.1 Å². The molecule has 0 spiro atoms. The van der Waals surface area contributed by atoms with Gasteiger partial charge in [-0.1, -0.05) is 55.1 Å². The summed E-state index contributed by atoms with van der Waals surface area (Å²) < 4.78 is 5.02. The number of hydrogen-bond donors (Lipinski definition) is 0. The van der Waals surface area contributed by atoms with E-state index in [1.165, 1.54) is 0 Å². The van der Waals surface area contributed by atoms with E-state index < -0.39 is 5.97 Å². The molecule has 2 aromatic carbocycles. The van der Waals surface area contributed by atoms with Crippen LogP contribution in [0.1, 0.15) is 27.0 Å². The predicted octanol–water partition coefficient (Wildman–Crippen LogP) is 3.50. The summed E-state index contributed by atoms with van der Waals surface area (Å²) in [6, 6.07) is 14.8. The molecule has 22 heavy (non-hydrogen) atoms. The third kappa shape index (κ3) is 3.70. The Labute approximate surface area is 130 Å². The number of carbonyl (C=O) groups is 2. The van der Waals surface area contributed by atoms with Crippen LogP contribution in [0, 0.1) is 6.92 Å². The van der Waals surface area contributed by atoms with Gasteiger partial charge >= 0.3 is 5.97 Å². The Morgan fingerprint density at radius 2 is 1.82 bits per heavy atom. The summed E-state index contributed by atoms with van der Waals surface area (Å²) in [7, 11) is 0. The maximum Gasteiger partial charge on any atom is 0.330 e. The van der Waals surface area contributed by atoms with Crippen LogP contribution in [0.4, 0.5) is 0 Å². The van der Waals surface area contributed by atoms with Crippen LogP contribution in [0.5, 0.6) is 0 Å². The molecular weight excluding hydrogens is 276 g/mol. The van der Waals surface area contributed by atoms with E-state index in [0.29, 0.717) is 17.5 Å². The quantitative estimate of drug-likeness (QED) is 0.465. The van der Waals surface area contributed by atoms with E-state index in [9.17, 15) is 9.59 Å². The molecule has 0 bridgehead atoms. The van der Waals surface area contributed by atoms with Gasteiger partial charge in [0.15, 0.2) is 5.78 Å². The number of rotatable bonds is 6. The van der Waals surface area contributed by atoms with Gasteiger partial charge in [0.25, 0.3) is 0 Å². The van der Waals surface area contributed by atoms with Crippen molar-refractivity contribution in [3.63, 3.8) is 0 Å². The van der Waals surface area contributed by atoms with Crippen molar-refractivity contribution >= 4 is 11.8 Å². The van der Waals surface area contributed by atoms with E-state index in [2.05, 4.69) is 6.58 Å². The van der Waals surface area contributed by atoms with Gasteiger partial charge in [-0.25, -0.2) is 4.79 Å². The molecule has 2 aromatic rings. The fraction of sp³-hybridized carbons (Fsp3) is 0.158. The van der Waals surface area contributed by atoms with Gasteiger partial charge in [0.05, 0.1) is 6.61 Å². The molecule has 0 saturated carbocycles. The molecule has 0 radical (unpaired) electrons. The number of aryl methyl sites for hydroxylation is 1. The summed E-state index contributed by atoms with van der Waals surface area (Å²) >= 11 is 0. The van der Waals surface area contributed by atoms with Crippen LogP contribution in [0.25, 0.3) is 0 Å². The summed E-state index contributed by atoms with van der Waals surface area (Å²) in [5, 5.41) is 0. The summed E-state index contributed by atoms with van der Waals surface area (Å²) in [5.41, 5.74) is 3.22. The lowest BCUT2D eigenvalue weighted by Gasteiger charge is -2.12. The van der Waals surface area contributed by atoms with Crippen molar-refractivity contribution in [2.24, 2.45) is 0 Å². The minimum absolute atomic E-state index is 0.0191. The smallest absolute Gasteiger partial charge is 0.330 e. The van der Waals surface area contributed by atoms with Crippen molar-refractivity contribution in [3.05, 3.63) is 83.4 Å². The first-order valence-electron chi connectivity index (χ1n) is 7.11. The summed E-state index contributed by atoms with van der Waals surface area (Å²) in [5.74, 6) is -0.473. The highest BCUT2D eigenvalue weighted by Gasteiger charge is 2.15. The van der Waals surface area contributed by atoms with E-state index in [1.807, 2.05) is 43.3 Å². The lowest BCUT2D eigenvalue weighted by atomic mass is 9.93. The van der Waals surface area contributed by atoms with Crippen molar-refractivity contribution in [2.75, 3.05) is 6.61 Å². The van der Waals surface area contributed by atoms with E-state index >= 15 is 0 Å². The molecular formula is C19H18O3. The Kier molecular flexibility index (Phi) is 5.26. The fourth-order valence-electron chi connectivity index (χ4n) is 2.30. The number of carbonyl (C=O) groups excluding carboxylic acids is 2. The van der Waals surface area contributed by atoms with E-state index in [-0.39, 0.29) is 12.4 Å². The highest BCUT2D eigenvalue weighted by molar-refractivity contribution is 6.10. The van der Waals surface area contributed by atoms with Crippen LogP contribution in [0.3, 0.4) is 0 Å². The zero-order chi connectivity index (χ0) is 15.9. The highest BCUT2D eigenvalue weighted by atomic mass is 16.5. The molecule has 0 aliphatic heterocycles. The lowest BCUT2D eigenvalue weighted by molar-refractivity contribution is -0.137. The summed E-state index contributed by atoms with van der Waals surface area (Å²) in [4.78, 5) is 23.8. The minimum Gasteiger partial charge on any atom is -0.462 e. The van der Waals surface area contributed by atoms with Crippen LogP contribution >= 0.6 is 0 Å². The molecule has 2 rings (SSSR count). The topological polar surface area (TPSA) is 43.4 Å². The number of ketones is 1. The zero-order valence-electron chi connectivity index (χ0n) is 12.5. The molecule has 0 saturated heterocycles. The third-order valence-corrected chi connectivity index (χ3v) is 3.45. The van der Waals surface area contributed by atoms with E-state index in [1.54, 1.807) is 12.1 Å². The highest BCUT2D eigenvalue weighted by Crippen LogP contribution is 2.19. The van der Waals surface area contributed by atoms with Crippen molar-refractivity contribution in [1.82, 2.24) is 0 Å². The van der Waals surface area contributed by atoms with Crippen molar-refractivity contribution < 1.29 is 14.3 Å². The first-order valence-corrected chi connectivity index (χ1v) is 7.11. The Balaban J connectivity index is 2.24. The Bertz CT molecular complexity index is 687. The SMILES string of the molecule is C=CC(=O)OCCc1c(C)cccc1C(=O)c1ccccc1. The summed E-state index contributed by atoms with van der Waals surface area (Å²) in [6.07, 6.45) is 1.63. The number of esters is 1. The van der Waals surface area contributed by atoms with E-state index in [0.717, 1.165) is 17.2 Å². The van der Waals surface area contributed by atoms with Gasteiger partial charge in [-0.3, -0.25) is 4.79 Å². The van der Waals surface area contributed by atoms with Crippen LogP contribution in [-0.2, 0) is 16.0 Å². The predicted molar refractivity (Wildman–Crippen MR) is 85.9 cm³/mol. The molecule has 0 amide bonds. The lowest BCUT2D eigenvalue weighted by Crippen LogP contribution is -2.11. The Morgan fingerprint density at radius 1 is 1.09 bits per heavy atom. The normalized spacial score (nSPS) is 10.0. The first-order chi connectivity index (χ1) is 10.6. The van der Waals surface area contributed by atoms with Gasteiger partial charge < -0.3 is 4.74 Å². The van der Waals surface area contributed by atoms with Crippen molar-refractivity contribution in [1.29, 1.82) is 0 Å². The number of benzene rings is 2. The minimum atomic E-state index is -0.454. The molecule has 0 aliphatic carbocycles. The zero-order valence-corrected chi connectivity index (χ0v) is 12.5. The van der Waals surface area contributed by atoms with Gasteiger partial charge in [-0.15, -0.1) is 0 Å². The molecule has 0 aromatic heterocycles. The first kappa shape index (κ1) is 15.7. The van der Waals surface area contributed by atoms with Gasteiger partial charge in [-0.2, -0.15) is 0 Å². The van der Waals surface area contributed by atoms with Gasteiger partial charge in [0, 0.05) is 23.6 Å². The Hall–Kier alpha value is -2.68. The van der Waals surface area contributed by atoms with Crippen molar-refractivity contribution in [3.8, 4) is 0 Å². The van der Waals surface area contributed by atoms with Gasteiger partial charge in [0.2, 0.25) is 0 Å². The molecule has 3 nitrogen and oxygen atoms in total. The second-order valence-electron chi connectivity index (χ2n) is 4.92. The second kappa shape index (κ2) is 7.36. The maximum absolute atomic E-state index is 12.6. The van der Waals surface area contributed by atoms with Crippen LogP contribution in [-0.4, -0.2) is 18.4 Å². The summed E-state index contributed by atoms with van der Waals surface area (Å²) in [6.45, 7) is 5.54. The average molecular weight is 294 g/mol.